The summed E-state index contributed by atoms with van der Waals surface area (Å²) in [5.41, 5.74) is 7.47. The molecule has 1 aliphatic carbocycles. The molecule has 0 aliphatic heterocycles. The molecule has 3 atom stereocenters. The lowest BCUT2D eigenvalue weighted by molar-refractivity contribution is -0.110. The number of rotatable bonds is 14. The van der Waals surface area contributed by atoms with Crippen molar-refractivity contribution in [1.82, 2.24) is 0 Å². The second-order valence-corrected chi connectivity index (χ2v) is 10.2. The summed E-state index contributed by atoms with van der Waals surface area (Å²) >= 11 is 4.84. The van der Waals surface area contributed by atoms with Crippen molar-refractivity contribution in [1.29, 1.82) is 0 Å². The van der Waals surface area contributed by atoms with Crippen molar-refractivity contribution >= 4 is 18.9 Å². The second-order valence-electron chi connectivity index (χ2n) is 9.72. The molecule has 0 aromatic carbocycles. The lowest BCUT2D eigenvalue weighted by Gasteiger charge is -2.24. The minimum Gasteiger partial charge on any atom is -0.303 e. The van der Waals surface area contributed by atoms with E-state index in [9.17, 15) is 4.79 Å². The molecule has 170 valence electrons. The molecule has 0 radical (unpaired) electrons. The van der Waals surface area contributed by atoms with Gasteiger partial charge in [0.15, 0.2) is 0 Å². The summed E-state index contributed by atoms with van der Waals surface area (Å²) in [4.78, 5) is 10.7. The molecule has 0 N–H and O–H groups in total. The number of hydrogen-bond acceptors (Lipinski definition) is 2. The van der Waals surface area contributed by atoms with E-state index in [1.54, 1.807) is 0 Å². The van der Waals surface area contributed by atoms with E-state index in [0.717, 1.165) is 44.3 Å². The van der Waals surface area contributed by atoms with E-state index in [-0.39, 0.29) is 5.92 Å². The third-order valence-electron chi connectivity index (χ3n) is 6.68. The zero-order valence-corrected chi connectivity index (χ0v) is 21.4. The summed E-state index contributed by atoms with van der Waals surface area (Å²) in [6.07, 6.45) is 19.9. The molecule has 1 rings (SSSR count). The summed E-state index contributed by atoms with van der Waals surface area (Å²) in [6, 6.07) is 0. The highest BCUT2D eigenvalue weighted by atomic mass is 32.1. The Balaban J connectivity index is 2.20. The first-order chi connectivity index (χ1) is 14.2. The second kappa shape index (κ2) is 14.9. The van der Waals surface area contributed by atoms with Crippen LogP contribution in [-0.4, -0.2) is 11.5 Å². The number of allylic oxidation sites excluding steroid dienone is 6. The maximum Gasteiger partial charge on any atom is 0.122 e. The number of thiol groups is 1. The molecule has 0 fully saturated rings. The zero-order chi connectivity index (χ0) is 22.5. The predicted octanol–water partition coefficient (Wildman–Crippen LogP) is 8.83. The first-order valence-corrected chi connectivity index (χ1v) is 12.6. The monoisotopic (exact) mass is 430 g/mol. The summed E-state index contributed by atoms with van der Waals surface area (Å²) in [5, 5.41) is 0.349. The highest BCUT2D eigenvalue weighted by Gasteiger charge is 2.18. The largest absolute Gasteiger partial charge is 0.303 e. The molecular formula is C28H46OS. The molecule has 3 unspecified atom stereocenters. The quantitative estimate of drug-likeness (QED) is 0.165. The van der Waals surface area contributed by atoms with Gasteiger partial charge in [-0.25, -0.2) is 0 Å². The van der Waals surface area contributed by atoms with Gasteiger partial charge in [0.25, 0.3) is 0 Å². The average Bonchev–Trinajstić information content (AvgIpc) is 2.71. The summed E-state index contributed by atoms with van der Waals surface area (Å²) in [7, 11) is 0. The fourth-order valence-corrected chi connectivity index (χ4v) is 4.46. The molecule has 0 aromatic heterocycles. The van der Waals surface area contributed by atoms with Crippen LogP contribution in [0.5, 0.6) is 0 Å². The molecule has 0 spiro atoms. The SMILES string of the molecule is CC1=C(C)C(S)C(CCC(C)CCC/C(C)=C/CC/C(C)=C/CCC(C)C=O)=CC1. The van der Waals surface area contributed by atoms with Crippen molar-refractivity contribution in [2.75, 3.05) is 0 Å². The normalized spacial score (nSPS) is 20.2. The van der Waals surface area contributed by atoms with Crippen molar-refractivity contribution in [3.05, 3.63) is 46.1 Å². The van der Waals surface area contributed by atoms with Crippen LogP contribution >= 0.6 is 12.6 Å². The van der Waals surface area contributed by atoms with Crippen molar-refractivity contribution < 1.29 is 4.79 Å². The minimum absolute atomic E-state index is 0.183. The van der Waals surface area contributed by atoms with Gasteiger partial charge in [0.1, 0.15) is 6.29 Å². The van der Waals surface area contributed by atoms with E-state index in [1.165, 1.54) is 60.0 Å². The molecule has 0 heterocycles. The van der Waals surface area contributed by atoms with E-state index in [1.807, 2.05) is 6.92 Å². The molecule has 30 heavy (non-hydrogen) atoms. The Bertz CT molecular complexity index is 650. The van der Waals surface area contributed by atoms with Crippen LogP contribution in [0.1, 0.15) is 106 Å². The predicted molar refractivity (Wildman–Crippen MR) is 137 cm³/mol. The molecular weight excluding hydrogens is 384 g/mol. The van der Waals surface area contributed by atoms with Gasteiger partial charge < -0.3 is 4.79 Å². The molecule has 0 saturated carbocycles. The van der Waals surface area contributed by atoms with Crippen LogP contribution < -0.4 is 0 Å². The standard InChI is InChI=1S/C28H46OS/c1-21(10-7-11-22(2)13-9-15-24(4)20-29)12-8-14-23(3)16-18-27-19-17-25(5)26(6)28(27)30/h10,13,19-20,23-24,28,30H,7-9,11-12,14-18H2,1-6H3/b21-10+,22-13+. The Morgan fingerprint density at radius 2 is 1.73 bits per heavy atom. The number of aldehydes is 1. The highest BCUT2D eigenvalue weighted by Crippen LogP contribution is 2.32. The highest BCUT2D eigenvalue weighted by molar-refractivity contribution is 7.81. The van der Waals surface area contributed by atoms with E-state index in [4.69, 9.17) is 12.6 Å². The van der Waals surface area contributed by atoms with Gasteiger partial charge in [-0.05, 0) is 91.4 Å². The maximum absolute atomic E-state index is 10.7. The van der Waals surface area contributed by atoms with Crippen LogP contribution in [0.2, 0.25) is 0 Å². The minimum atomic E-state index is 0.183. The van der Waals surface area contributed by atoms with E-state index in [0.29, 0.717) is 5.25 Å². The van der Waals surface area contributed by atoms with Crippen LogP contribution in [0.4, 0.5) is 0 Å². The van der Waals surface area contributed by atoms with Crippen LogP contribution in [0, 0.1) is 11.8 Å². The summed E-state index contributed by atoms with van der Waals surface area (Å²) < 4.78 is 0. The fraction of sp³-hybridized carbons (Fsp3) is 0.679. The van der Waals surface area contributed by atoms with Gasteiger partial charge in [0.2, 0.25) is 0 Å². The first kappa shape index (κ1) is 27.0. The van der Waals surface area contributed by atoms with Gasteiger partial charge in [-0.2, -0.15) is 12.6 Å². The maximum atomic E-state index is 10.7. The van der Waals surface area contributed by atoms with Crippen molar-refractivity contribution in [3.63, 3.8) is 0 Å². The zero-order valence-electron chi connectivity index (χ0n) is 20.5. The van der Waals surface area contributed by atoms with E-state index < -0.39 is 0 Å². The first-order valence-electron chi connectivity index (χ1n) is 12.0. The smallest absolute Gasteiger partial charge is 0.122 e. The van der Waals surface area contributed by atoms with Gasteiger partial charge >= 0.3 is 0 Å². The Hall–Kier alpha value is -1.02. The van der Waals surface area contributed by atoms with Gasteiger partial charge in [-0.15, -0.1) is 0 Å². The molecule has 1 aliphatic rings. The lowest BCUT2D eigenvalue weighted by atomic mass is 9.88. The van der Waals surface area contributed by atoms with Gasteiger partial charge in [-0.1, -0.05) is 66.4 Å². The van der Waals surface area contributed by atoms with Gasteiger partial charge in [0, 0.05) is 11.2 Å². The molecule has 1 nitrogen and oxygen atoms in total. The van der Waals surface area contributed by atoms with Crippen molar-refractivity contribution in [3.8, 4) is 0 Å². The topological polar surface area (TPSA) is 17.1 Å². The van der Waals surface area contributed by atoms with Crippen LogP contribution in [0.15, 0.2) is 46.1 Å². The van der Waals surface area contributed by atoms with Crippen LogP contribution in [0.3, 0.4) is 0 Å². The van der Waals surface area contributed by atoms with Crippen LogP contribution in [0.25, 0.3) is 0 Å². The van der Waals surface area contributed by atoms with Crippen molar-refractivity contribution in [2.24, 2.45) is 11.8 Å². The van der Waals surface area contributed by atoms with Gasteiger partial charge in [0.05, 0.1) is 0 Å². The Morgan fingerprint density at radius 3 is 2.43 bits per heavy atom. The number of carbonyl (C=O) groups excluding carboxylic acids is 1. The molecule has 0 saturated heterocycles. The Kier molecular flexibility index (Phi) is 13.4. The number of hydrogen-bond donors (Lipinski definition) is 1. The number of carbonyl (C=O) groups is 1. The Labute approximate surface area is 192 Å². The van der Waals surface area contributed by atoms with Crippen molar-refractivity contribution in [2.45, 2.75) is 111 Å². The molecule has 0 aromatic rings. The molecule has 0 bridgehead atoms. The van der Waals surface area contributed by atoms with Crippen LogP contribution in [-0.2, 0) is 4.79 Å². The average molecular weight is 431 g/mol. The fourth-order valence-electron chi connectivity index (χ4n) is 4.00. The molecule has 0 amide bonds. The lowest BCUT2D eigenvalue weighted by Crippen LogP contribution is -2.12. The van der Waals surface area contributed by atoms with E-state index in [2.05, 4.69) is 52.8 Å². The third kappa shape index (κ3) is 10.8. The Morgan fingerprint density at radius 1 is 1.07 bits per heavy atom. The van der Waals surface area contributed by atoms with E-state index >= 15 is 0 Å². The van der Waals surface area contributed by atoms with Gasteiger partial charge in [-0.3, -0.25) is 0 Å². The summed E-state index contributed by atoms with van der Waals surface area (Å²) in [6.45, 7) is 13.4. The molecule has 2 heteroatoms. The summed E-state index contributed by atoms with van der Waals surface area (Å²) in [5.74, 6) is 0.966. The third-order valence-corrected chi connectivity index (χ3v) is 7.40.